The molecule has 0 unspecified atom stereocenters. The summed E-state index contributed by atoms with van der Waals surface area (Å²) in [7, 11) is -3.65. The number of imidazole rings is 1. The third-order valence-corrected chi connectivity index (χ3v) is 6.15. The number of anilines is 2. The molecule has 2 aromatic carbocycles. The van der Waals surface area contributed by atoms with E-state index in [2.05, 4.69) is 10.3 Å². The molecule has 0 bridgehead atoms. The lowest BCUT2D eigenvalue weighted by Crippen LogP contribution is -2.23. The molecule has 0 spiro atoms. The molecule has 1 heterocycles. The van der Waals surface area contributed by atoms with E-state index in [1.807, 2.05) is 0 Å². The summed E-state index contributed by atoms with van der Waals surface area (Å²) in [5, 5.41) is 2.54. The zero-order valence-electron chi connectivity index (χ0n) is 14.1. The molecule has 0 aliphatic rings. The third kappa shape index (κ3) is 3.25. The Bertz CT molecular complexity index is 1110. The lowest BCUT2D eigenvalue weighted by Gasteiger charge is -2.11. The summed E-state index contributed by atoms with van der Waals surface area (Å²) in [5.41, 5.74) is 7.41. The highest BCUT2D eigenvalue weighted by molar-refractivity contribution is 7.90. The first-order valence-corrected chi connectivity index (χ1v) is 9.67. The lowest BCUT2D eigenvalue weighted by molar-refractivity contribution is 0.102. The molecular weight excluding hydrogens is 376 g/mol. The predicted octanol–water partition coefficient (Wildman–Crippen LogP) is 3.11. The van der Waals surface area contributed by atoms with Crippen LogP contribution in [-0.4, -0.2) is 28.5 Å². The highest BCUT2D eigenvalue weighted by Gasteiger charge is 2.24. The second-order valence-electron chi connectivity index (χ2n) is 6.00. The minimum absolute atomic E-state index is 0.119. The average Bonchev–Trinajstić information content (AvgIpc) is 2.90. The third-order valence-electron chi connectivity index (χ3n) is 3.83. The van der Waals surface area contributed by atoms with Crippen LogP contribution < -0.4 is 11.1 Å². The molecule has 1 amide bonds. The van der Waals surface area contributed by atoms with Crippen LogP contribution in [0.1, 0.15) is 24.2 Å². The highest BCUT2D eigenvalue weighted by atomic mass is 35.5. The summed E-state index contributed by atoms with van der Waals surface area (Å²) >= 11 is 5.89. The molecule has 3 N–H and O–H groups in total. The molecule has 1 aromatic heterocycles. The van der Waals surface area contributed by atoms with Crippen LogP contribution in [0.25, 0.3) is 11.0 Å². The second-order valence-corrected chi connectivity index (χ2v) is 8.77. The first kappa shape index (κ1) is 18.2. The van der Waals surface area contributed by atoms with Gasteiger partial charge in [-0.05, 0) is 50.2 Å². The Morgan fingerprint density at radius 2 is 1.96 bits per heavy atom. The second kappa shape index (κ2) is 6.62. The Morgan fingerprint density at radius 1 is 1.23 bits per heavy atom. The fourth-order valence-electron chi connectivity index (χ4n) is 2.47. The van der Waals surface area contributed by atoms with Crippen molar-refractivity contribution in [1.82, 2.24) is 8.96 Å². The van der Waals surface area contributed by atoms with Gasteiger partial charge in [0.15, 0.2) is 0 Å². The van der Waals surface area contributed by atoms with Crippen LogP contribution in [0.4, 0.5) is 11.6 Å². The Labute approximate surface area is 155 Å². The largest absolute Gasteiger partial charge is 0.368 e. The normalized spacial score (nSPS) is 11.8. The maximum Gasteiger partial charge on any atom is 0.255 e. The maximum atomic E-state index is 12.5. The Balaban J connectivity index is 1.97. The summed E-state index contributed by atoms with van der Waals surface area (Å²) in [4.78, 5) is 16.4. The highest BCUT2D eigenvalue weighted by Crippen LogP contribution is 2.25. The molecule has 9 heteroatoms. The number of fused-ring (bicyclic) bond motifs is 1. The molecule has 0 saturated carbocycles. The molecule has 0 radical (unpaired) electrons. The van der Waals surface area contributed by atoms with Gasteiger partial charge in [0, 0.05) is 16.3 Å². The SMILES string of the molecule is CC(C)S(=O)(=O)n1c(N)nc2cc(NC(=O)c3cccc(Cl)c3)ccc21. The predicted molar refractivity (Wildman–Crippen MR) is 103 cm³/mol. The van der Waals surface area contributed by atoms with Crippen LogP contribution in [0.15, 0.2) is 42.5 Å². The molecule has 0 aliphatic carbocycles. The summed E-state index contributed by atoms with van der Waals surface area (Å²) < 4.78 is 26.0. The van der Waals surface area contributed by atoms with Crippen LogP contribution in [0.3, 0.4) is 0 Å². The van der Waals surface area contributed by atoms with Crippen molar-refractivity contribution in [3.05, 3.63) is 53.1 Å². The molecule has 26 heavy (non-hydrogen) atoms. The maximum absolute atomic E-state index is 12.5. The van der Waals surface area contributed by atoms with E-state index in [9.17, 15) is 13.2 Å². The number of hydrogen-bond donors (Lipinski definition) is 2. The number of aromatic nitrogens is 2. The number of nitrogens with one attached hydrogen (secondary N) is 1. The van der Waals surface area contributed by atoms with Gasteiger partial charge in [0.05, 0.1) is 16.3 Å². The van der Waals surface area contributed by atoms with Gasteiger partial charge < -0.3 is 11.1 Å². The van der Waals surface area contributed by atoms with Crippen LogP contribution in [0.5, 0.6) is 0 Å². The molecule has 0 fully saturated rings. The number of carbonyl (C=O) groups is 1. The van der Waals surface area contributed by atoms with Crippen molar-refractivity contribution in [2.45, 2.75) is 19.1 Å². The fourth-order valence-corrected chi connectivity index (χ4v) is 3.81. The van der Waals surface area contributed by atoms with E-state index in [4.69, 9.17) is 17.3 Å². The Morgan fingerprint density at radius 3 is 2.62 bits per heavy atom. The van der Waals surface area contributed by atoms with Crippen molar-refractivity contribution in [2.75, 3.05) is 11.1 Å². The van der Waals surface area contributed by atoms with E-state index in [1.165, 1.54) is 0 Å². The topological polar surface area (TPSA) is 107 Å². The summed E-state index contributed by atoms with van der Waals surface area (Å²) in [6, 6.07) is 11.3. The minimum Gasteiger partial charge on any atom is -0.368 e. The van der Waals surface area contributed by atoms with Gasteiger partial charge in [0.25, 0.3) is 5.91 Å². The van der Waals surface area contributed by atoms with E-state index in [0.29, 0.717) is 27.3 Å². The molecule has 7 nitrogen and oxygen atoms in total. The molecule has 0 atom stereocenters. The van der Waals surface area contributed by atoms with Gasteiger partial charge in [-0.1, -0.05) is 17.7 Å². The van der Waals surface area contributed by atoms with Gasteiger partial charge in [-0.25, -0.2) is 17.4 Å². The van der Waals surface area contributed by atoms with Crippen molar-refractivity contribution in [3.8, 4) is 0 Å². The quantitative estimate of drug-likeness (QED) is 0.709. The fraction of sp³-hybridized carbons (Fsp3) is 0.176. The van der Waals surface area contributed by atoms with E-state index in [-0.39, 0.29) is 11.9 Å². The first-order valence-electron chi connectivity index (χ1n) is 7.79. The summed E-state index contributed by atoms with van der Waals surface area (Å²) in [5.74, 6) is -0.457. The monoisotopic (exact) mass is 392 g/mol. The number of nitrogens with zero attached hydrogens (tertiary/aromatic N) is 2. The molecule has 0 aliphatic heterocycles. The number of nitrogen functional groups attached to an aromatic ring is 1. The van der Waals surface area contributed by atoms with Gasteiger partial charge in [-0.2, -0.15) is 0 Å². The number of carbonyl (C=O) groups excluding carboxylic acids is 1. The Kier molecular flexibility index (Phi) is 4.64. The van der Waals surface area contributed by atoms with Gasteiger partial charge >= 0.3 is 0 Å². The van der Waals surface area contributed by atoms with Crippen molar-refractivity contribution < 1.29 is 13.2 Å². The lowest BCUT2D eigenvalue weighted by atomic mass is 10.2. The smallest absolute Gasteiger partial charge is 0.255 e. The van der Waals surface area contributed by atoms with Gasteiger partial charge in [-0.3, -0.25) is 4.79 Å². The molecule has 136 valence electrons. The zero-order valence-corrected chi connectivity index (χ0v) is 15.7. The number of benzene rings is 2. The number of halogens is 1. The molecule has 3 rings (SSSR count). The Hall–Kier alpha value is -2.58. The van der Waals surface area contributed by atoms with Gasteiger partial charge in [0.2, 0.25) is 16.0 Å². The van der Waals surface area contributed by atoms with Crippen LogP contribution in [-0.2, 0) is 10.0 Å². The van der Waals surface area contributed by atoms with Crippen LogP contribution in [0, 0.1) is 0 Å². The molecule has 3 aromatic rings. The summed E-state index contributed by atoms with van der Waals surface area (Å²) in [6.45, 7) is 3.14. The van der Waals surface area contributed by atoms with Crippen molar-refractivity contribution in [3.63, 3.8) is 0 Å². The standard InChI is InChI=1S/C17H17ClN4O3S/c1-10(2)26(24,25)22-15-7-6-13(9-14(15)21-17(22)19)20-16(23)11-4-3-5-12(18)8-11/h3-10H,1-2H3,(H2,19,21)(H,20,23). The zero-order chi connectivity index (χ0) is 19.1. The van der Waals surface area contributed by atoms with Gasteiger partial charge in [0.1, 0.15) is 0 Å². The van der Waals surface area contributed by atoms with Crippen LogP contribution in [0.2, 0.25) is 5.02 Å². The van der Waals surface area contributed by atoms with Gasteiger partial charge in [-0.15, -0.1) is 0 Å². The average molecular weight is 393 g/mol. The van der Waals surface area contributed by atoms with E-state index in [0.717, 1.165) is 3.97 Å². The van der Waals surface area contributed by atoms with Crippen molar-refractivity contribution in [1.29, 1.82) is 0 Å². The number of amides is 1. The van der Waals surface area contributed by atoms with E-state index >= 15 is 0 Å². The number of nitrogens with two attached hydrogens (primary N) is 1. The van der Waals surface area contributed by atoms with Crippen molar-refractivity contribution >= 4 is 50.2 Å². The minimum atomic E-state index is -3.65. The first-order chi connectivity index (χ1) is 12.2. The molecular formula is C17H17ClN4O3S. The number of hydrogen-bond acceptors (Lipinski definition) is 5. The summed E-state index contributed by atoms with van der Waals surface area (Å²) in [6.07, 6.45) is 0. The van der Waals surface area contributed by atoms with Crippen LogP contribution >= 0.6 is 11.6 Å². The van der Waals surface area contributed by atoms with Crippen molar-refractivity contribution in [2.24, 2.45) is 0 Å². The van der Waals surface area contributed by atoms with E-state index < -0.39 is 15.3 Å². The van der Waals surface area contributed by atoms with E-state index in [1.54, 1.807) is 56.3 Å². The molecule has 0 saturated heterocycles. The number of rotatable bonds is 4.